The molecule has 1 amide bonds. The summed E-state index contributed by atoms with van der Waals surface area (Å²) in [5.41, 5.74) is 0. The van der Waals surface area contributed by atoms with Gasteiger partial charge in [-0.15, -0.1) is 0 Å². The zero-order valence-electron chi connectivity index (χ0n) is 13.1. The lowest BCUT2D eigenvalue weighted by Crippen LogP contribution is -2.54. The lowest BCUT2D eigenvalue weighted by molar-refractivity contribution is -0.145. The molecule has 0 aliphatic carbocycles. The summed E-state index contributed by atoms with van der Waals surface area (Å²) >= 11 is 0. The fourth-order valence-electron chi connectivity index (χ4n) is 2.64. The van der Waals surface area contributed by atoms with Crippen molar-refractivity contribution in [2.45, 2.75) is 19.4 Å². The third-order valence-corrected chi connectivity index (χ3v) is 3.96. The van der Waals surface area contributed by atoms with Crippen LogP contribution in [-0.2, 0) is 9.59 Å². The molecule has 6 nitrogen and oxygen atoms in total. The molecule has 0 aromatic heterocycles. The van der Waals surface area contributed by atoms with Gasteiger partial charge in [0.15, 0.2) is 6.61 Å². The van der Waals surface area contributed by atoms with Gasteiger partial charge in [0.1, 0.15) is 17.6 Å². The molecule has 0 spiro atoms. The highest BCUT2D eigenvalue weighted by molar-refractivity contribution is 5.78. The normalized spacial score (nSPS) is 16.9. The topological polar surface area (TPSA) is 70.1 Å². The van der Waals surface area contributed by atoms with Crippen LogP contribution in [0.5, 0.6) is 5.75 Å². The fraction of sp³-hybridized carbons (Fsp3) is 0.500. The summed E-state index contributed by atoms with van der Waals surface area (Å²) < 4.78 is 18.1. The van der Waals surface area contributed by atoms with E-state index in [1.807, 2.05) is 11.8 Å². The SMILES string of the molecule is CCC(C(=O)O)N1CCN(C(=O)COc2ccc(F)cc2)CC1. The second-order valence-corrected chi connectivity index (χ2v) is 5.42. The van der Waals surface area contributed by atoms with Crippen LogP contribution in [0.1, 0.15) is 13.3 Å². The monoisotopic (exact) mass is 324 g/mol. The zero-order valence-corrected chi connectivity index (χ0v) is 13.1. The van der Waals surface area contributed by atoms with Gasteiger partial charge in [-0.2, -0.15) is 0 Å². The Hall–Kier alpha value is -2.15. The first-order valence-corrected chi connectivity index (χ1v) is 7.64. The van der Waals surface area contributed by atoms with Crippen molar-refractivity contribution in [1.29, 1.82) is 0 Å². The van der Waals surface area contributed by atoms with Crippen molar-refractivity contribution in [1.82, 2.24) is 9.80 Å². The standard InChI is InChI=1S/C16H21FN2O4/c1-2-14(16(21)22)18-7-9-19(10-8-18)15(20)11-23-13-5-3-12(17)4-6-13/h3-6,14H,2,7-11H2,1H3,(H,21,22). The Bertz CT molecular complexity index is 542. The molecule has 1 atom stereocenters. The average Bonchev–Trinajstić information content (AvgIpc) is 2.55. The van der Waals surface area contributed by atoms with Gasteiger partial charge in [-0.3, -0.25) is 14.5 Å². The highest BCUT2D eigenvalue weighted by Gasteiger charge is 2.28. The lowest BCUT2D eigenvalue weighted by Gasteiger charge is -2.37. The second kappa shape index (κ2) is 7.92. The number of benzene rings is 1. The van der Waals surface area contributed by atoms with Crippen molar-refractivity contribution >= 4 is 11.9 Å². The molecule has 1 aromatic carbocycles. The number of hydrogen-bond acceptors (Lipinski definition) is 4. The highest BCUT2D eigenvalue weighted by Crippen LogP contribution is 2.13. The van der Waals surface area contributed by atoms with E-state index >= 15 is 0 Å². The van der Waals surface area contributed by atoms with Gasteiger partial charge in [0, 0.05) is 26.2 Å². The number of rotatable bonds is 6. The number of aliphatic carboxylic acids is 1. The molecule has 1 saturated heterocycles. The average molecular weight is 324 g/mol. The number of ether oxygens (including phenoxy) is 1. The van der Waals surface area contributed by atoms with Crippen LogP contribution >= 0.6 is 0 Å². The van der Waals surface area contributed by atoms with Gasteiger partial charge in [-0.25, -0.2) is 4.39 Å². The zero-order chi connectivity index (χ0) is 16.8. The van der Waals surface area contributed by atoms with Gasteiger partial charge in [0.05, 0.1) is 0 Å². The minimum atomic E-state index is -0.827. The molecule has 1 fully saturated rings. The number of amides is 1. The van der Waals surface area contributed by atoms with E-state index in [0.29, 0.717) is 38.3 Å². The third kappa shape index (κ3) is 4.66. The molecule has 1 heterocycles. The van der Waals surface area contributed by atoms with E-state index in [0.717, 1.165) is 0 Å². The highest BCUT2D eigenvalue weighted by atomic mass is 19.1. The summed E-state index contributed by atoms with van der Waals surface area (Å²) in [6.07, 6.45) is 0.539. The molecule has 0 saturated carbocycles. The number of halogens is 1. The van der Waals surface area contributed by atoms with Crippen LogP contribution in [0.3, 0.4) is 0 Å². The summed E-state index contributed by atoms with van der Waals surface area (Å²) in [4.78, 5) is 26.8. The molecule has 126 valence electrons. The number of piperazine rings is 1. The fourth-order valence-corrected chi connectivity index (χ4v) is 2.64. The Morgan fingerprint density at radius 1 is 1.22 bits per heavy atom. The first-order chi connectivity index (χ1) is 11.0. The van der Waals surface area contributed by atoms with Crippen LogP contribution in [-0.4, -0.2) is 65.6 Å². The van der Waals surface area contributed by atoms with Crippen molar-refractivity contribution in [3.63, 3.8) is 0 Å². The molecule has 1 aliphatic heterocycles. The van der Waals surface area contributed by atoms with Crippen LogP contribution in [0.15, 0.2) is 24.3 Å². The van der Waals surface area contributed by atoms with Crippen molar-refractivity contribution in [3.8, 4) is 5.75 Å². The minimum Gasteiger partial charge on any atom is -0.484 e. The first-order valence-electron chi connectivity index (χ1n) is 7.64. The van der Waals surface area contributed by atoms with Crippen molar-refractivity contribution in [2.75, 3.05) is 32.8 Å². The Kier molecular flexibility index (Phi) is 5.92. The number of carboxylic acids is 1. The van der Waals surface area contributed by atoms with E-state index in [4.69, 9.17) is 9.84 Å². The minimum absolute atomic E-state index is 0.109. The van der Waals surface area contributed by atoms with Crippen molar-refractivity contribution in [2.24, 2.45) is 0 Å². The molecule has 1 unspecified atom stereocenters. The first kappa shape index (κ1) is 17.2. The van der Waals surface area contributed by atoms with Gasteiger partial charge in [0.2, 0.25) is 0 Å². The molecular weight excluding hydrogens is 303 g/mol. The number of carboxylic acid groups (broad SMARTS) is 1. The van der Waals surface area contributed by atoms with E-state index in [9.17, 15) is 14.0 Å². The molecule has 7 heteroatoms. The Morgan fingerprint density at radius 2 is 1.83 bits per heavy atom. The summed E-state index contributed by atoms with van der Waals surface area (Å²) in [6, 6.07) is 4.99. The maximum absolute atomic E-state index is 12.8. The van der Waals surface area contributed by atoms with Gasteiger partial charge >= 0.3 is 5.97 Å². The molecular formula is C16H21FN2O4. The van der Waals surface area contributed by atoms with E-state index in [2.05, 4.69) is 0 Å². The van der Waals surface area contributed by atoms with Gasteiger partial charge in [0.25, 0.3) is 5.91 Å². The summed E-state index contributed by atoms with van der Waals surface area (Å²) in [5, 5.41) is 9.16. The molecule has 0 bridgehead atoms. The number of hydrogen-bond donors (Lipinski definition) is 1. The maximum atomic E-state index is 12.8. The smallest absolute Gasteiger partial charge is 0.320 e. The summed E-state index contributed by atoms with van der Waals surface area (Å²) in [5.74, 6) is -0.900. The maximum Gasteiger partial charge on any atom is 0.320 e. The molecule has 1 N–H and O–H groups in total. The predicted octanol–water partition coefficient (Wildman–Crippen LogP) is 1.21. The Morgan fingerprint density at radius 3 is 2.35 bits per heavy atom. The van der Waals surface area contributed by atoms with Gasteiger partial charge in [-0.1, -0.05) is 6.92 Å². The van der Waals surface area contributed by atoms with Crippen LogP contribution in [0.2, 0.25) is 0 Å². The predicted molar refractivity (Wildman–Crippen MR) is 81.8 cm³/mol. The van der Waals surface area contributed by atoms with Crippen LogP contribution in [0.25, 0.3) is 0 Å². The van der Waals surface area contributed by atoms with Crippen LogP contribution < -0.4 is 4.74 Å². The number of nitrogens with zero attached hydrogens (tertiary/aromatic N) is 2. The van der Waals surface area contributed by atoms with Crippen LogP contribution in [0, 0.1) is 5.82 Å². The Balaban J connectivity index is 1.79. The van der Waals surface area contributed by atoms with Crippen molar-refractivity contribution < 1.29 is 23.8 Å². The molecule has 2 rings (SSSR count). The van der Waals surface area contributed by atoms with Gasteiger partial charge in [-0.05, 0) is 30.7 Å². The largest absolute Gasteiger partial charge is 0.484 e. The summed E-state index contributed by atoms with van der Waals surface area (Å²) in [6.45, 7) is 3.76. The molecule has 23 heavy (non-hydrogen) atoms. The van der Waals surface area contributed by atoms with Gasteiger partial charge < -0.3 is 14.7 Å². The summed E-state index contributed by atoms with van der Waals surface area (Å²) in [7, 11) is 0. The van der Waals surface area contributed by atoms with Crippen molar-refractivity contribution in [3.05, 3.63) is 30.1 Å². The van der Waals surface area contributed by atoms with E-state index in [-0.39, 0.29) is 18.3 Å². The molecule has 1 aliphatic rings. The van der Waals surface area contributed by atoms with Crippen LogP contribution in [0.4, 0.5) is 4.39 Å². The van der Waals surface area contributed by atoms with E-state index in [1.165, 1.54) is 24.3 Å². The molecule has 1 aromatic rings. The quantitative estimate of drug-likeness (QED) is 0.852. The second-order valence-electron chi connectivity index (χ2n) is 5.42. The molecule has 0 radical (unpaired) electrons. The van der Waals surface area contributed by atoms with E-state index in [1.54, 1.807) is 4.90 Å². The Labute approximate surface area is 134 Å². The lowest BCUT2D eigenvalue weighted by atomic mass is 10.1. The number of carbonyl (C=O) groups is 2. The third-order valence-electron chi connectivity index (χ3n) is 3.96. The van der Waals surface area contributed by atoms with E-state index < -0.39 is 12.0 Å². The number of carbonyl (C=O) groups excluding carboxylic acids is 1.